The molecule has 0 saturated carbocycles. The highest BCUT2D eigenvalue weighted by Crippen LogP contribution is 2.26. The molecular weight excluding hydrogens is 376 g/mol. The van der Waals surface area contributed by atoms with Crippen LogP contribution in [0.15, 0.2) is 54.9 Å². The van der Waals surface area contributed by atoms with E-state index in [0.717, 1.165) is 59.4 Å². The third-order valence-corrected chi connectivity index (χ3v) is 5.19. The van der Waals surface area contributed by atoms with Crippen LogP contribution in [0, 0.1) is 0 Å². The zero-order valence-electron chi connectivity index (χ0n) is 17.2. The standard InChI is InChI=1S/C23H24N6O/c1-3-7-23-25-20(4-2)22(15-30)28(23)14-17-10-12-18(13-11-17)19-8-5-6-9-21(19)29-16-24-26-27-29/h5-6,8-13,15-16H,3-4,7,14H2,1-2H3. The number of tetrazole rings is 1. The third-order valence-electron chi connectivity index (χ3n) is 5.19. The first-order chi connectivity index (χ1) is 14.7. The van der Waals surface area contributed by atoms with E-state index in [2.05, 4.69) is 57.3 Å². The molecule has 2 aromatic heterocycles. The van der Waals surface area contributed by atoms with Gasteiger partial charge in [-0.1, -0.05) is 56.3 Å². The number of rotatable bonds is 8. The summed E-state index contributed by atoms with van der Waals surface area (Å²) in [6, 6.07) is 16.4. The topological polar surface area (TPSA) is 78.5 Å². The molecule has 0 unspecified atom stereocenters. The van der Waals surface area contributed by atoms with Crippen molar-refractivity contribution in [1.29, 1.82) is 0 Å². The molecule has 2 heterocycles. The van der Waals surface area contributed by atoms with Gasteiger partial charge in [-0.15, -0.1) is 5.10 Å². The predicted octanol–water partition coefficient (Wildman–Crippen LogP) is 3.90. The van der Waals surface area contributed by atoms with Crippen molar-refractivity contribution in [2.24, 2.45) is 0 Å². The molecule has 0 aliphatic carbocycles. The van der Waals surface area contributed by atoms with Gasteiger partial charge in [-0.2, -0.15) is 4.68 Å². The van der Waals surface area contributed by atoms with E-state index in [1.165, 1.54) is 0 Å². The molecule has 0 atom stereocenters. The second-order valence-electron chi connectivity index (χ2n) is 7.14. The van der Waals surface area contributed by atoms with Gasteiger partial charge in [0.15, 0.2) is 6.29 Å². The van der Waals surface area contributed by atoms with Gasteiger partial charge in [-0.25, -0.2) is 4.98 Å². The van der Waals surface area contributed by atoms with Gasteiger partial charge in [-0.05, 0) is 40.5 Å². The molecule has 0 saturated heterocycles. The molecule has 0 N–H and O–H groups in total. The van der Waals surface area contributed by atoms with Gasteiger partial charge in [0.1, 0.15) is 17.8 Å². The predicted molar refractivity (Wildman–Crippen MR) is 115 cm³/mol. The van der Waals surface area contributed by atoms with Gasteiger partial charge >= 0.3 is 0 Å². The second kappa shape index (κ2) is 8.82. The van der Waals surface area contributed by atoms with Crippen molar-refractivity contribution in [3.63, 3.8) is 0 Å². The minimum absolute atomic E-state index is 0.630. The van der Waals surface area contributed by atoms with Crippen molar-refractivity contribution in [2.45, 2.75) is 39.7 Å². The number of benzene rings is 2. The molecule has 7 nitrogen and oxygen atoms in total. The summed E-state index contributed by atoms with van der Waals surface area (Å²) in [7, 11) is 0. The van der Waals surface area contributed by atoms with Crippen LogP contribution in [0.4, 0.5) is 0 Å². The van der Waals surface area contributed by atoms with Crippen molar-refractivity contribution in [2.75, 3.05) is 0 Å². The minimum atomic E-state index is 0.630. The van der Waals surface area contributed by atoms with E-state index < -0.39 is 0 Å². The molecular formula is C23H24N6O. The van der Waals surface area contributed by atoms with Crippen molar-refractivity contribution in [1.82, 2.24) is 29.8 Å². The summed E-state index contributed by atoms with van der Waals surface area (Å²) in [5.74, 6) is 0.976. The van der Waals surface area contributed by atoms with Gasteiger partial charge in [0.2, 0.25) is 0 Å². The van der Waals surface area contributed by atoms with E-state index in [9.17, 15) is 4.79 Å². The Labute approximate surface area is 175 Å². The van der Waals surface area contributed by atoms with Crippen LogP contribution in [0.25, 0.3) is 16.8 Å². The van der Waals surface area contributed by atoms with Gasteiger partial charge in [0.25, 0.3) is 0 Å². The molecule has 0 spiro atoms. The first kappa shape index (κ1) is 19.7. The number of carbonyl (C=O) groups is 1. The van der Waals surface area contributed by atoms with Gasteiger partial charge in [0.05, 0.1) is 11.4 Å². The lowest BCUT2D eigenvalue weighted by Crippen LogP contribution is -2.09. The first-order valence-corrected chi connectivity index (χ1v) is 10.2. The molecule has 4 aromatic rings. The fourth-order valence-corrected chi connectivity index (χ4v) is 3.71. The summed E-state index contributed by atoms with van der Waals surface area (Å²) in [5, 5.41) is 11.5. The molecule has 30 heavy (non-hydrogen) atoms. The Hall–Kier alpha value is -3.61. The highest BCUT2D eigenvalue weighted by Gasteiger charge is 2.15. The summed E-state index contributed by atoms with van der Waals surface area (Å²) >= 11 is 0. The van der Waals surface area contributed by atoms with E-state index in [1.807, 2.05) is 25.1 Å². The lowest BCUT2D eigenvalue weighted by Gasteiger charge is -2.12. The van der Waals surface area contributed by atoms with Crippen molar-refractivity contribution in [3.8, 4) is 16.8 Å². The maximum absolute atomic E-state index is 11.7. The third kappa shape index (κ3) is 3.78. The molecule has 0 aliphatic rings. The van der Waals surface area contributed by atoms with Gasteiger partial charge in [0, 0.05) is 18.5 Å². The van der Waals surface area contributed by atoms with Crippen LogP contribution in [0.3, 0.4) is 0 Å². The molecule has 4 rings (SSSR count). The average molecular weight is 400 g/mol. The lowest BCUT2D eigenvalue weighted by atomic mass is 10.0. The molecule has 2 aromatic carbocycles. The Balaban J connectivity index is 1.65. The number of hydrogen-bond donors (Lipinski definition) is 0. The zero-order chi connectivity index (χ0) is 20.9. The molecule has 0 aliphatic heterocycles. The molecule has 7 heteroatoms. The van der Waals surface area contributed by atoms with Gasteiger partial charge in [-0.3, -0.25) is 4.79 Å². The number of aldehydes is 1. The fourth-order valence-electron chi connectivity index (χ4n) is 3.71. The SMILES string of the molecule is CCCc1nc(CC)c(C=O)n1Cc1ccc(-c2ccccc2-n2cnnn2)cc1. The Morgan fingerprint density at radius 3 is 2.50 bits per heavy atom. The summed E-state index contributed by atoms with van der Waals surface area (Å²) in [6.45, 7) is 4.79. The number of aryl methyl sites for hydroxylation is 2. The summed E-state index contributed by atoms with van der Waals surface area (Å²) < 4.78 is 3.72. The van der Waals surface area contributed by atoms with Crippen LogP contribution in [0.5, 0.6) is 0 Å². The number of para-hydroxylation sites is 1. The van der Waals surface area contributed by atoms with E-state index in [1.54, 1.807) is 11.0 Å². The molecule has 0 amide bonds. The number of aromatic nitrogens is 6. The highest BCUT2D eigenvalue weighted by atomic mass is 16.1. The number of nitrogens with zero attached hydrogens (tertiary/aromatic N) is 6. The van der Waals surface area contributed by atoms with Gasteiger partial charge < -0.3 is 4.57 Å². The molecule has 152 valence electrons. The number of carbonyl (C=O) groups excluding carboxylic acids is 1. The van der Waals surface area contributed by atoms with E-state index in [0.29, 0.717) is 12.2 Å². The van der Waals surface area contributed by atoms with E-state index in [4.69, 9.17) is 4.98 Å². The average Bonchev–Trinajstić information content (AvgIpc) is 3.43. The van der Waals surface area contributed by atoms with Crippen LogP contribution in [0.2, 0.25) is 0 Å². The zero-order valence-corrected chi connectivity index (χ0v) is 17.2. The Kier molecular flexibility index (Phi) is 5.79. The van der Waals surface area contributed by atoms with Crippen molar-refractivity contribution < 1.29 is 4.79 Å². The smallest absolute Gasteiger partial charge is 0.168 e. The summed E-state index contributed by atoms with van der Waals surface area (Å²) in [5.41, 5.74) is 5.74. The monoisotopic (exact) mass is 400 g/mol. The van der Waals surface area contributed by atoms with Crippen molar-refractivity contribution >= 4 is 6.29 Å². The molecule has 0 fully saturated rings. The number of hydrogen-bond acceptors (Lipinski definition) is 5. The fraction of sp³-hybridized carbons (Fsp3) is 0.261. The first-order valence-electron chi connectivity index (χ1n) is 10.2. The van der Waals surface area contributed by atoms with Crippen LogP contribution >= 0.6 is 0 Å². The largest absolute Gasteiger partial charge is 0.321 e. The molecule has 0 bridgehead atoms. The van der Waals surface area contributed by atoms with E-state index in [-0.39, 0.29) is 0 Å². The minimum Gasteiger partial charge on any atom is -0.321 e. The maximum Gasteiger partial charge on any atom is 0.168 e. The van der Waals surface area contributed by atoms with Crippen LogP contribution in [-0.4, -0.2) is 36.0 Å². The molecule has 0 radical (unpaired) electrons. The Morgan fingerprint density at radius 2 is 1.83 bits per heavy atom. The van der Waals surface area contributed by atoms with Crippen molar-refractivity contribution in [3.05, 3.63) is 77.6 Å². The summed E-state index contributed by atoms with van der Waals surface area (Å²) in [6.07, 6.45) is 5.13. The normalized spacial score (nSPS) is 11.0. The van der Waals surface area contributed by atoms with Crippen LogP contribution < -0.4 is 0 Å². The van der Waals surface area contributed by atoms with E-state index >= 15 is 0 Å². The Bertz CT molecular complexity index is 1130. The van der Waals surface area contributed by atoms with Crippen LogP contribution in [-0.2, 0) is 19.4 Å². The second-order valence-corrected chi connectivity index (χ2v) is 7.14. The maximum atomic E-state index is 11.7. The van der Waals surface area contributed by atoms with Crippen LogP contribution in [0.1, 0.15) is 47.8 Å². The lowest BCUT2D eigenvalue weighted by molar-refractivity contribution is 0.111. The quantitative estimate of drug-likeness (QED) is 0.419. The highest BCUT2D eigenvalue weighted by molar-refractivity contribution is 5.75. The Morgan fingerprint density at radius 1 is 1.03 bits per heavy atom. The summed E-state index contributed by atoms with van der Waals surface area (Å²) in [4.78, 5) is 16.4. The number of imidazole rings is 1.